The Hall–Kier alpha value is -2.10. The molecule has 0 saturated carbocycles. The largest absolute Gasteiger partial charge is 0.496 e. The number of ether oxygens (including phenoxy) is 1. The summed E-state index contributed by atoms with van der Waals surface area (Å²) in [5.41, 5.74) is 1.28. The summed E-state index contributed by atoms with van der Waals surface area (Å²) in [6.07, 6.45) is 1.55. The second kappa shape index (κ2) is 4.18. The Morgan fingerprint density at radius 2 is 1.94 bits per heavy atom. The van der Waals surface area contributed by atoms with E-state index in [4.69, 9.17) is 4.74 Å². The molecule has 3 nitrogen and oxygen atoms in total. The van der Waals surface area contributed by atoms with Crippen LogP contribution in [0.5, 0.6) is 5.75 Å². The lowest BCUT2D eigenvalue weighted by Gasteiger charge is -2.07. The van der Waals surface area contributed by atoms with E-state index in [1.807, 2.05) is 0 Å². The highest BCUT2D eigenvalue weighted by atomic mass is 19.1. The van der Waals surface area contributed by atoms with Crippen molar-refractivity contribution < 1.29 is 9.13 Å². The van der Waals surface area contributed by atoms with Crippen molar-refractivity contribution in [2.24, 2.45) is 0 Å². The molecule has 0 bridgehead atoms. The van der Waals surface area contributed by atoms with Crippen LogP contribution in [0.1, 0.15) is 0 Å². The molecular weight excluding hydrogens is 209 g/mol. The molecule has 0 atom stereocenters. The number of rotatable bonds is 2. The molecule has 0 radical (unpaired) electrons. The van der Waals surface area contributed by atoms with Crippen LogP contribution in [0.2, 0.25) is 0 Å². The highest BCUT2D eigenvalue weighted by molar-refractivity contribution is 5.69. The molecule has 1 aromatic heterocycles. The third-order valence-electron chi connectivity index (χ3n) is 2.26. The summed E-state index contributed by atoms with van der Waals surface area (Å²) in [6, 6.07) is 7.34. The van der Waals surface area contributed by atoms with E-state index in [9.17, 15) is 9.18 Å². The predicted molar refractivity (Wildman–Crippen MR) is 59.0 cm³/mol. The Morgan fingerprint density at radius 1 is 1.25 bits per heavy atom. The van der Waals surface area contributed by atoms with E-state index >= 15 is 0 Å². The first-order valence-corrected chi connectivity index (χ1v) is 4.73. The van der Waals surface area contributed by atoms with Gasteiger partial charge in [0.1, 0.15) is 11.6 Å². The van der Waals surface area contributed by atoms with Crippen LogP contribution in [0.4, 0.5) is 4.39 Å². The van der Waals surface area contributed by atoms with Gasteiger partial charge in [-0.2, -0.15) is 0 Å². The molecule has 16 heavy (non-hydrogen) atoms. The fraction of sp³-hybridized carbons (Fsp3) is 0.0833. The molecule has 0 spiro atoms. The lowest BCUT2D eigenvalue weighted by Crippen LogP contribution is -2.04. The number of pyridine rings is 1. The minimum Gasteiger partial charge on any atom is -0.496 e. The monoisotopic (exact) mass is 219 g/mol. The predicted octanol–water partition coefficient (Wildman–Crippen LogP) is 2.19. The van der Waals surface area contributed by atoms with Gasteiger partial charge >= 0.3 is 0 Å². The maximum absolute atomic E-state index is 12.8. The Morgan fingerprint density at radius 3 is 2.56 bits per heavy atom. The van der Waals surface area contributed by atoms with Gasteiger partial charge in [0.25, 0.3) is 5.56 Å². The van der Waals surface area contributed by atoms with Gasteiger partial charge in [0.05, 0.1) is 7.11 Å². The summed E-state index contributed by atoms with van der Waals surface area (Å²) in [7, 11) is 1.49. The summed E-state index contributed by atoms with van der Waals surface area (Å²) in [6.45, 7) is 0. The smallest absolute Gasteiger partial charge is 0.251 e. The molecule has 1 N–H and O–H groups in total. The topological polar surface area (TPSA) is 42.1 Å². The first-order chi connectivity index (χ1) is 7.70. The number of aromatic amines is 1. The van der Waals surface area contributed by atoms with Crippen molar-refractivity contribution in [1.82, 2.24) is 4.98 Å². The summed E-state index contributed by atoms with van der Waals surface area (Å²) in [5.74, 6) is 0.169. The van der Waals surface area contributed by atoms with Crippen LogP contribution in [0.15, 0.2) is 41.3 Å². The van der Waals surface area contributed by atoms with E-state index in [1.54, 1.807) is 18.3 Å². The van der Waals surface area contributed by atoms with E-state index in [-0.39, 0.29) is 11.4 Å². The van der Waals surface area contributed by atoms with Crippen molar-refractivity contribution in [3.63, 3.8) is 0 Å². The minimum absolute atomic E-state index is 0.234. The van der Waals surface area contributed by atoms with E-state index in [0.29, 0.717) is 5.75 Å². The van der Waals surface area contributed by atoms with Crippen molar-refractivity contribution in [1.29, 1.82) is 0 Å². The molecule has 82 valence electrons. The number of H-pyrrole nitrogens is 1. The maximum atomic E-state index is 12.8. The molecule has 4 heteroatoms. The van der Waals surface area contributed by atoms with Crippen LogP contribution < -0.4 is 10.3 Å². The van der Waals surface area contributed by atoms with E-state index in [2.05, 4.69) is 4.98 Å². The second-order valence-electron chi connectivity index (χ2n) is 3.29. The van der Waals surface area contributed by atoms with Gasteiger partial charge < -0.3 is 9.72 Å². The molecule has 2 rings (SSSR count). The van der Waals surface area contributed by atoms with Crippen LogP contribution in [-0.4, -0.2) is 12.1 Å². The maximum Gasteiger partial charge on any atom is 0.251 e. The van der Waals surface area contributed by atoms with Crippen LogP contribution in [0, 0.1) is 5.82 Å². The van der Waals surface area contributed by atoms with Gasteiger partial charge in [-0.1, -0.05) is 12.1 Å². The van der Waals surface area contributed by atoms with Gasteiger partial charge in [-0.15, -0.1) is 0 Å². The van der Waals surface area contributed by atoms with Crippen molar-refractivity contribution >= 4 is 0 Å². The van der Waals surface area contributed by atoms with E-state index in [0.717, 1.165) is 11.1 Å². The summed E-state index contributed by atoms with van der Waals surface area (Å²) in [5, 5.41) is 0. The van der Waals surface area contributed by atoms with Gasteiger partial charge in [-0.05, 0) is 17.7 Å². The van der Waals surface area contributed by atoms with Gasteiger partial charge in [0.2, 0.25) is 0 Å². The fourth-order valence-corrected chi connectivity index (χ4v) is 1.48. The molecule has 1 aromatic carbocycles. The Bertz CT molecular complexity index is 546. The lowest BCUT2D eigenvalue weighted by molar-refractivity contribution is 0.415. The highest BCUT2D eigenvalue weighted by Gasteiger charge is 2.06. The number of hydrogen-bond donors (Lipinski definition) is 1. The Labute approximate surface area is 91.5 Å². The zero-order chi connectivity index (χ0) is 11.5. The number of methoxy groups -OCH3 is 1. The van der Waals surface area contributed by atoms with Crippen LogP contribution in [-0.2, 0) is 0 Å². The molecule has 0 aliphatic rings. The minimum atomic E-state index is -0.299. The zero-order valence-electron chi connectivity index (χ0n) is 8.66. The van der Waals surface area contributed by atoms with E-state index < -0.39 is 0 Å². The average Bonchev–Trinajstić information content (AvgIpc) is 2.30. The van der Waals surface area contributed by atoms with Crippen LogP contribution >= 0.6 is 0 Å². The number of halogens is 1. The number of aromatic nitrogens is 1. The standard InChI is InChI=1S/C12H10FNO2/c1-16-11-6-12(15)14-7-10(11)8-2-4-9(13)5-3-8/h2-7H,1H3,(H,14,15). The molecule has 0 amide bonds. The number of benzene rings is 1. The summed E-state index contributed by atoms with van der Waals surface area (Å²) in [4.78, 5) is 13.6. The zero-order valence-corrected chi connectivity index (χ0v) is 8.66. The average molecular weight is 219 g/mol. The number of hydrogen-bond acceptors (Lipinski definition) is 2. The van der Waals surface area contributed by atoms with Crippen molar-refractivity contribution in [2.45, 2.75) is 0 Å². The SMILES string of the molecule is COc1cc(=O)[nH]cc1-c1ccc(F)cc1. The molecule has 2 aromatic rings. The van der Waals surface area contributed by atoms with Crippen LogP contribution in [0.3, 0.4) is 0 Å². The first kappa shape index (κ1) is 10.4. The van der Waals surface area contributed by atoms with Crippen molar-refractivity contribution in [3.05, 3.63) is 52.7 Å². The Kier molecular flexibility index (Phi) is 2.72. The molecule has 0 aliphatic heterocycles. The van der Waals surface area contributed by atoms with Crippen LogP contribution in [0.25, 0.3) is 11.1 Å². The second-order valence-corrected chi connectivity index (χ2v) is 3.29. The van der Waals surface area contributed by atoms with Crippen molar-refractivity contribution in [3.8, 4) is 16.9 Å². The molecule has 0 unspecified atom stereocenters. The normalized spacial score (nSPS) is 10.1. The number of nitrogens with one attached hydrogen (secondary N) is 1. The van der Waals surface area contributed by atoms with Gasteiger partial charge in [-0.25, -0.2) is 4.39 Å². The Balaban J connectivity index is 2.55. The molecule has 0 aliphatic carbocycles. The van der Waals surface area contributed by atoms with Gasteiger partial charge in [0.15, 0.2) is 0 Å². The molecule has 1 heterocycles. The van der Waals surface area contributed by atoms with E-state index in [1.165, 1.54) is 25.3 Å². The lowest BCUT2D eigenvalue weighted by atomic mass is 10.1. The van der Waals surface area contributed by atoms with Gasteiger partial charge in [0, 0.05) is 17.8 Å². The first-order valence-electron chi connectivity index (χ1n) is 4.73. The molecule has 0 saturated heterocycles. The molecule has 0 fully saturated rings. The fourth-order valence-electron chi connectivity index (χ4n) is 1.48. The summed E-state index contributed by atoms with van der Waals surface area (Å²) < 4.78 is 17.9. The quantitative estimate of drug-likeness (QED) is 0.841. The molecular formula is C12H10FNO2. The third-order valence-corrected chi connectivity index (χ3v) is 2.26. The van der Waals surface area contributed by atoms with Gasteiger partial charge in [-0.3, -0.25) is 4.79 Å². The summed E-state index contributed by atoms with van der Waals surface area (Å²) >= 11 is 0. The highest BCUT2D eigenvalue weighted by Crippen LogP contribution is 2.27. The van der Waals surface area contributed by atoms with Crippen molar-refractivity contribution in [2.75, 3.05) is 7.11 Å². The third kappa shape index (κ3) is 1.95.